The topological polar surface area (TPSA) is 49.3 Å². The molecule has 1 amide bonds. The predicted octanol–water partition coefficient (Wildman–Crippen LogP) is 2.69. The van der Waals surface area contributed by atoms with Crippen LogP contribution in [0.5, 0.6) is 0 Å². The molecule has 0 aliphatic carbocycles. The van der Waals surface area contributed by atoms with Gasteiger partial charge in [-0.05, 0) is 30.0 Å². The van der Waals surface area contributed by atoms with Gasteiger partial charge in [0.1, 0.15) is 0 Å². The predicted molar refractivity (Wildman–Crippen MR) is 76.4 cm³/mol. The zero-order chi connectivity index (χ0) is 13.5. The lowest BCUT2D eigenvalue weighted by atomic mass is 9.89. The highest BCUT2D eigenvalue weighted by molar-refractivity contribution is 9.10. The van der Waals surface area contributed by atoms with Crippen LogP contribution in [0, 0.1) is 5.92 Å². The smallest absolute Gasteiger partial charge is 0.227 e. The van der Waals surface area contributed by atoms with E-state index in [-0.39, 0.29) is 18.4 Å². The minimum Gasteiger partial charge on any atom is -0.395 e. The van der Waals surface area contributed by atoms with E-state index >= 15 is 0 Å². The second-order valence-electron chi connectivity index (χ2n) is 4.75. The molecule has 0 aromatic heterocycles. The second kappa shape index (κ2) is 7.54. The van der Waals surface area contributed by atoms with Gasteiger partial charge in [0.05, 0.1) is 12.5 Å². The summed E-state index contributed by atoms with van der Waals surface area (Å²) in [6, 6.07) is 7.83. The molecule has 3 nitrogen and oxygen atoms in total. The number of hydrogen-bond acceptors (Lipinski definition) is 2. The first-order chi connectivity index (χ1) is 8.54. The van der Waals surface area contributed by atoms with Gasteiger partial charge in [0, 0.05) is 11.0 Å². The number of benzene rings is 1. The summed E-state index contributed by atoms with van der Waals surface area (Å²) in [4.78, 5) is 12.1. The molecule has 0 spiro atoms. The summed E-state index contributed by atoms with van der Waals surface area (Å²) >= 11 is 3.39. The SMILES string of the molecule is CC(C)CC(C(=O)NCCO)c1ccc(Br)cc1. The maximum Gasteiger partial charge on any atom is 0.227 e. The molecule has 18 heavy (non-hydrogen) atoms. The Labute approximate surface area is 117 Å². The molecule has 0 fully saturated rings. The van der Waals surface area contributed by atoms with E-state index < -0.39 is 0 Å². The van der Waals surface area contributed by atoms with Crippen molar-refractivity contribution in [2.24, 2.45) is 5.92 Å². The summed E-state index contributed by atoms with van der Waals surface area (Å²) in [5, 5.41) is 11.5. The van der Waals surface area contributed by atoms with E-state index in [4.69, 9.17) is 5.11 Å². The molecule has 0 saturated heterocycles. The Morgan fingerprint density at radius 1 is 1.33 bits per heavy atom. The molecule has 0 saturated carbocycles. The molecule has 1 aromatic rings. The molecule has 0 radical (unpaired) electrons. The largest absolute Gasteiger partial charge is 0.395 e. The molecule has 1 unspecified atom stereocenters. The van der Waals surface area contributed by atoms with Crippen LogP contribution < -0.4 is 5.32 Å². The van der Waals surface area contributed by atoms with Crippen LogP contribution in [-0.2, 0) is 4.79 Å². The van der Waals surface area contributed by atoms with E-state index in [2.05, 4.69) is 35.1 Å². The van der Waals surface area contributed by atoms with E-state index in [1.165, 1.54) is 0 Å². The fourth-order valence-electron chi connectivity index (χ4n) is 1.86. The van der Waals surface area contributed by atoms with Gasteiger partial charge in [0.25, 0.3) is 0 Å². The zero-order valence-electron chi connectivity index (χ0n) is 10.8. The van der Waals surface area contributed by atoms with E-state index in [1.807, 2.05) is 24.3 Å². The molecule has 100 valence electrons. The highest BCUT2D eigenvalue weighted by Crippen LogP contribution is 2.25. The molecule has 0 heterocycles. The Morgan fingerprint density at radius 3 is 2.44 bits per heavy atom. The van der Waals surface area contributed by atoms with E-state index in [9.17, 15) is 4.79 Å². The Balaban J connectivity index is 2.83. The molecule has 1 atom stereocenters. The van der Waals surface area contributed by atoms with Crippen LogP contribution in [-0.4, -0.2) is 24.2 Å². The standard InChI is InChI=1S/C14H20BrNO2/c1-10(2)9-13(14(18)16-7-8-17)11-3-5-12(15)6-4-11/h3-6,10,13,17H,7-9H2,1-2H3,(H,16,18). The number of aliphatic hydroxyl groups is 1. The van der Waals surface area contributed by atoms with Gasteiger partial charge in [-0.1, -0.05) is 41.9 Å². The number of hydrogen-bond donors (Lipinski definition) is 2. The van der Waals surface area contributed by atoms with Crippen molar-refractivity contribution in [1.82, 2.24) is 5.32 Å². The van der Waals surface area contributed by atoms with Crippen LogP contribution in [0.2, 0.25) is 0 Å². The van der Waals surface area contributed by atoms with Crippen molar-refractivity contribution >= 4 is 21.8 Å². The number of carbonyl (C=O) groups is 1. The number of amides is 1. The molecular formula is C14H20BrNO2. The van der Waals surface area contributed by atoms with E-state index in [0.29, 0.717) is 12.5 Å². The van der Waals surface area contributed by atoms with Crippen LogP contribution in [0.1, 0.15) is 31.7 Å². The number of nitrogens with one attached hydrogen (secondary N) is 1. The van der Waals surface area contributed by atoms with Gasteiger partial charge in [-0.25, -0.2) is 0 Å². The van der Waals surface area contributed by atoms with Crippen molar-refractivity contribution in [1.29, 1.82) is 0 Å². The van der Waals surface area contributed by atoms with Crippen molar-refractivity contribution in [3.05, 3.63) is 34.3 Å². The van der Waals surface area contributed by atoms with Gasteiger partial charge in [0.15, 0.2) is 0 Å². The van der Waals surface area contributed by atoms with Gasteiger partial charge < -0.3 is 10.4 Å². The normalized spacial score (nSPS) is 12.5. The molecule has 1 rings (SSSR count). The highest BCUT2D eigenvalue weighted by atomic mass is 79.9. The van der Waals surface area contributed by atoms with Gasteiger partial charge >= 0.3 is 0 Å². The molecule has 0 bridgehead atoms. The van der Waals surface area contributed by atoms with E-state index in [0.717, 1.165) is 16.5 Å². The average molecular weight is 314 g/mol. The molecule has 2 N–H and O–H groups in total. The van der Waals surface area contributed by atoms with Crippen molar-refractivity contribution in [3.8, 4) is 0 Å². The fourth-order valence-corrected chi connectivity index (χ4v) is 2.13. The van der Waals surface area contributed by atoms with Gasteiger partial charge in [-0.15, -0.1) is 0 Å². The summed E-state index contributed by atoms with van der Waals surface area (Å²) in [5.74, 6) is 0.281. The third kappa shape index (κ3) is 4.78. The third-order valence-electron chi connectivity index (χ3n) is 2.71. The maximum atomic E-state index is 12.1. The molecular weight excluding hydrogens is 294 g/mol. The summed E-state index contributed by atoms with van der Waals surface area (Å²) in [7, 11) is 0. The Morgan fingerprint density at radius 2 is 1.94 bits per heavy atom. The van der Waals surface area contributed by atoms with Gasteiger partial charge in [0.2, 0.25) is 5.91 Å². The van der Waals surface area contributed by atoms with Gasteiger partial charge in [-0.3, -0.25) is 4.79 Å². The minimum atomic E-state index is -0.148. The van der Waals surface area contributed by atoms with Crippen molar-refractivity contribution in [2.45, 2.75) is 26.2 Å². The number of carbonyl (C=O) groups excluding carboxylic acids is 1. The molecule has 4 heteroatoms. The lowest BCUT2D eigenvalue weighted by molar-refractivity contribution is -0.123. The van der Waals surface area contributed by atoms with Crippen LogP contribution in [0.15, 0.2) is 28.7 Å². The van der Waals surface area contributed by atoms with Crippen molar-refractivity contribution < 1.29 is 9.90 Å². The molecule has 1 aromatic carbocycles. The Bertz CT molecular complexity index is 376. The lowest BCUT2D eigenvalue weighted by Crippen LogP contribution is -2.32. The van der Waals surface area contributed by atoms with Gasteiger partial charge in [-0.2, -0.15) is 0 Å². The van der Waals surface area contributed by atoms with E-state index in [1.54, 1.807) is 0 Å². The third-order valence-corrected chi connectivity index (χ3v) is 3.24. The Hall–Kier alpha value is -0.870. The summed E-state index contributed by atoms with van der Waals surface area (Å²) < 4.78 is 1.00. The summed E-state index contributed by atoms with van der Waals surface area (Å²) in [6.07, 6.45) is 0.804. The highest BCUT2D eigenvalue weighted by Gasteiger charge is 2.21. The number of aliphatic hydroxyl groups excluding tert-OH is 1. The van der Waals surface area contributed by atoms with Crippen LogP contribution in [0.25, 0.3) is 0 Å². The molecule has 0 aliphatic rings. The van der Waals surface area contributed by atoms with Crippen LogP contribution in [0.4, 0.5) is 0 Å². The quantitative estimate of drug-likeness (QED) is 0.848. The zero-order valence-corrected chi connectivity index (χ0v) is 12.4. The van der Waals surface area contributed by atoms with Crippen molar-refractivity contribution in [2.75, 3.05) is 13.2 Å². The molecule has 0 aliphatic heterocycles. The first kappa shape index (κ1) is 15.2. The first-order valence-electron chi connectivity index (χ1n) is 6.18. The summed E-state index contributed by atoms with van der Waals surface area (Å²) in [5.41, 5.74) is 1.02. The van der Waals surface area contributed by atoms with Crippen LogP contribution >= 0.6 is 15.9 Å². The monoisotopic (exact) mass is 313 g/mol. The Kier molecular flexibility index (Phi) is 6.36. The number of rotatable bonds is 6. The average Bonchev–Trinajstić information content (AvgIpc) is 2.34. The second-order valence-corrected chi connectivity index (χ2v) is 5.66. The lowest BCUT2D eigenvalue weighted by Gasteiger charge is -2.19. The number of halogens is 1. The minimum absolute atomic E-state index is 0.0138. The van der Waals surface area contributed by atoms with Crippen LogP contribution in [0.3, 0.4) is 0 Å². The fraction of sp³-hybridized carbons (Fsp3) is 0.500. The maximum absolute atomic E-state index is 12.1. The first-order valence-corrected chi connectivity index (χ1v) is 6.98. The summed E-state index contributed by atoms with van der Waals surface area (Å²) in [6.45, 7) is 4.49. The van der Waals surface area contributed by atoms with Crippen molar-refractivity contribution in [3.63, 3.8) is 0 Å².